The monoisotopic (exact) mass is 481 g/mol. The van der Waals surface area contributed by atoms with Crippen LogP contribution in [0.4, 0.5) is 5.69 Å². The molecule has 38 heavy (non-hydrogen) atoms. The Morgan fingerprint density at radius 3 is 1.84 bits per heavy atom. The summed E-state index contributed by atoms with van der Waals surface area (Å²) in [7, 11) is 0. The van der Waals surface area contributed by atoms with E-state index in [0.29, 0.717) is 5.69 Å². The highest BCUT2D eigenvalue weighted by molar-refractivity contribution is 6.31. The highest BCUT2D eigenvalue weighted by Crippen LogP contribution is 2.46. The predicted molar refractivity (Wildman–Crippen MR) is 159 cm³/mol. The summed E-state index contributed by atoms with van der Waals surface area (Å²) in [4.78, 5) is 14.0. The molecule has 0 amide bonds. The van der Waals surface area contributed by atoms with Crippen LogP contribution in [0.5, 0.6) is 0 Å². The second kappa shape index (κ2) is 7.83. The van der Waals surface area contributed by atoms with Crippen LogP contribution in [0.15, 0.2) is 115 Å². The second-order valence-corrected chi connectivity index (χ2v) is 9.63. The van der Waals surface area contributed by atoms with E-state index in [2.05, 4.69) is 82.6 Å². The van der Waals surface area contributed by atoms with Crippen molar-refractivity contribution in [1.82, 2.24) is 9.97 Å². The summed E-state index contributed by atoms with van der Waals surface area (Å²) >= 11 is 0. The van der Waals surface area contributed by atoms with Gasteiger partial charge in [0, 0.05) is 33.3 Å². The molecule has 0 N–H and O–H groups in total. The van der Waals surface area contributed by atoms with Crippen molar-refractivity contribution in [3.63, 3.8) is 0 Å². The van der Waals surface area contributed by atoms with Gasteiger partial charge in [0.1, 0.15) is 0 Å². The molecule has 3 heteroatoms. The quantitative estimate of drug-likeness (QED) is 0.133. The molecule has 2 heterocycles. The van der Waals surface area contributed by atoms with Gasteiger partial charge in [-0.25, -0.2) is 9.83 Å². The fourth-order valence-electron chi connectivity index (χ4n) is 6.09. The van der Waals surface area contributed by atoms with Gasteiger partial charge in [0.2, 0.25) is 5.69 Å². The van der Waals surface area contributed by atoms with Crippen LogP contribution in [-0.4, -0.2) is 9.97 Å². The Morgan fingerprint density at radius 2 is 1.11 bits per heavy atom. The minimum absolute atomic E-state index is 0.688. The van der Waals surface area contributed by atoms with E-state index >= 15 is 0 Å². The lowest BCUT2D eigenvalue weighted by molar-refractivity contribution is 1.42. The third kappa shape index (κ3) is 2.77. The minimum atomic E-state index is 0.688. The van der Waals surface area contributed by atoms with Crippen molar-refractivity contribution in [3.05, 3.63) is 127 Å². The number of hydrogen-bond acceptors (Lipinski definition) is 2. The molecule has 0 aliphatic heterocycles. The standard InChI is InChI=1S/C35H19N3/c1-36-34-24-11-4-2-9-22(24)33(23-10-3-5-12-25(23)34)35-28-18-16-21-17-19-29-26(14-8-20-37-29)31(21)32(28)27-13-6-7-15-30(27)38-35/h2-20H. The van der Waals surface area contributed by atoms with Crippen molar-refractivity contribution >= 4 is 70.6 Å². The number of benzene rings is 6. The molecule has 8 rings (SSSR count). The molecular weight excluding hydrogens is 462 g/mol. The van der Waals surface area contributed by atoms with E-state index in [-0.39, 0.29) is 0 Å². The Balaban J connectivity index is 1.68. The van der Waals surface area contributed by atoms with Gasteiger partial charge in [0.05, 0.1) is 23.3 Å². The average Bonchev–Trinajstić information content (AvgIpc) is 2.99. The zero-order valence-electron chi connectivity index (χ0n) is 20.3. The first-order chi connectivity index (χ1) is 18.8. The number of aromatic nitrogens is 2. The van der Waals surface area contributed by atoms with Crippen molar-refractivity contribution in [2.45, 2.75) is 0 Å². The molecule has 0 aliphatic carbocycles. The van der Waals surface area contributed by atoms with Crippen LogP contribution in [0.1, 0.15) is 0 Å². The van der Waals surface area contributed by atoms with E-state index in [1.165, 1.54) is 16.2 Å². The lowest BCUT2D eigenvalue weighted by Crippen LogP contribution is -1.94. The second-order valence-electron chi connectivity index (χ2n) is 9.63. The van der Waals surface area contributed by atoms with Crippen LogP contribution >= 0.6 is 0 Å². The van der Waals surface area contributed by atoms with E-state index in [4.69, 9.17) is 11.6 Å². The van der Waals surface area contributed by atoms with Crippen LogP contribution in [0.25, 0.3) is 81.0 Å². The first kappa shape index (κ1) is 20.8. The van der Waals surface area contributed by atoms with Gasteiger partial charge >= 0.3 is 0 Å². The number of rotatable bonds is 1. The zero-order valence-corrected chi connectivity index (χ0v) is 20.3. The van der Waals surface area contributed by atoms with Crippen molar-refractivity contribution in [2.75, 3.05) is 0 Å². The molecule has 174 valence electrons. The lowest BCUT2D eigenvalue weighted by Gasteiger charge is -2.18. The summed E-state index contributed by atoms with van der Waals surface area (Å²) in [6.07, 6.45) is 1.85. The summed E-state index contributed by atoms with van der Waals surface area (Å²) in [6.45, 7) is 7.99. The van der Waals surface area contributed by atoms with Crippen molar-refractivity contribution in [2.24, 2.45) is 0 Å². The summed E-state index contributed by atoms with van der Waals surface area (Å²) < 4.78 is 0. The van der Waals surface area contributed by atoms with Crippen LogP contribution in [0.2, 0.25) is 0 Å². The van der Waals surface area contributed by atoms with Gasteiger partial charge in [0.15, 0.2) is 0 Å². The van der Waals surface area contributed by atoms with Gasteiger partial charge in [-0.1, -0.05) is 91.0 Å². The van der Waals surface area contributed by atoms with Crippen molar-refractivity contribution < 1.29 is 0 Å². The fraction of sp³-hybridized carbons (Fsp3) is 0. The topological polar surface area (TPSA) is 30.1 Å². The molecular formula is C35H19N3. The van der Waals surface area contributed by atoms with Gasteiger partial charge in [-0.3, -0.25) is 4.98 Å². The van der Waals surface area contributed by atoms with Gasteiger partial charge in [-0.15, -0.1) is 0 Å². The first-order valence-corrected chi connectivity index (χ1v) is 12.6. The smallest absolute Gasteiger partial charge is 0.202 e. The molecule has 0 bridgehead atoms. The molecule has 0 radical (unpaired) electrons. The zero-order chi connectivity index (χ0) is 25.2. The molecule has 0 spiro atoms. The molecule has 0 atom stereocenters. The first-order valence-electron chi connectivity index (χ1n) is 12.6. The maximum atomic E-state index is 7.99. The summed E-state index contributed by atoms with van der Waals surface area (Å²) in [5, 5.41) is 10.9. The molecule has 2 aromatic heterocycles. The molecule has 0 unspecified atom stereocenters. The normalized spacial score (nSPS) is 11.7. The Morgan fingerprint density at radius 1 is 0.500 bits per heavy atom. The number of nitrogens with zero attached hydrogens (tertiary/aromatic N) is 3. The van der Waals surface area contributed by atoms with E-state index in [0.717, 1.165) is 60.0 Å². The Kier molecular flexibility index (Phi) is 4.29. The summed E-state index contributed by atoms with van der Waals surface area (Å²) in [6, 6.07) is 37.7. The van der Waals surface area contributed by atoms with Gasteiger partial charge in [-0.05, 0) is 50.5 Å². The molecule has 0 aliphatic rings. The Hall–Kier alpha value is -5.33. The third-order valence-electron chi connectivity index (χ3n) is 7.68. The molecule has 0 saturated carbocycles. The van der Waals surface area contributed by atoms with Crippen LogP contribution in [0, 0.1) is 6.57 Å². The summed E-state index contributed by atoms with van der Waals surface area (Å²) in [5.41, 5.74) is 4.62. The average molecular weight is 482 g/mol. The van der Waals surface area contributed by atoms with E-state index in [9.17, 15) is 0 Å². The van der Waals surface area contributed by atoms with Crippen LogP contribution in [0.3, 0.4) is 0 Å². The van der Waals surface area contributed by atoms with Gasteiger partial charge in [-0.2, -0.15) is 0 Å². The number of hydrogen-bond donors (Lipinski definition) is 0. The maximum Gasteiger partial charge on any atom is 0.202 e. The summed E-state index contributed by atoms with van der Waals surface area (Å²) in [5.74, 6) is 0. The molecule has 8 aromatic rings. The highest BCUT2D eigenvalue weighted by Gasteiger charge is 2.20. The van der Waals surface area contributed by atoms with Crippen molar-refractivity contribution in [1.29, 1.82) is 0 Å². The Labute approximate surface area is 218 Å². The maximum absolute atomic E-state index is 7.99. The van der Waals surface area contributed by atoms with Crippen molar-refractivity contribution in [3.8, 4) is 11.3 Å². The fourth-order valence-corrected chi connectivity index (χ4v) is 6.09. The molecule has 0 fully saturated rings. The van der Waals surface area contributed by atoms with E-state index in [1.807, 2.05) is 42.6 Å². The predicted octanol–water partition coefficient (Wildman–Crippen LogP) is 9.61. The van der Waals surface area contributed by atoms with Gasteiger partial charge in [0.25, 0.3) is 0 Å². The SMILES string of the molecule is [C-]#[N+]c1c2ccccc2c(-c2nc3ccccc3c3c2ccc2ccc4ncccc4c23)c2ccccc12. The molecule has 0 saturated heterocycles. The number of para-hydroxylation sites is 1. The molecule has 3 nitrogen and oxygen atoms in total. The molecule has 6 aromatic carbocycles. The minimum Gasteiger partial charge on any atom is -0.256 e. The largest absolute Gasteiger partial charge is 0.256 e. The van der Waals surface area contributed by atoms with Crippen LogP contribution in [-0.2, 0) is 0 Å². The lowest BCUT2D eigenvalue weighted by atomic mass is 9.88. The van der Waals surface area contributed by atoms with E-state index < -0.39 is 0 Å². The van der Waals surface area contributed by atoms with Crippen LogP contribution < -0.4 is 0 Å². The third-order valence-corrected chi connectivity index (χ3v) is 7.68. The number of fused-ring (bicyclic) bond motifs is 9. The highest BCUT2D eigenvalue weighted by atomic mass is 14.7. The van der Waals surface area contributed by atoms with E-state index in [1.54, 1.807) is 0 Å². The van der Waals surface area contributed by atoms with Gasteiger partial charge < -0.3 is 0 Å². The number of pyridine rings is 2. The Bertz CT molecular complexity index is 2250.